The van der Waals surface area contributed by atoms with Crippen LogP contribution < -0.4 is 10.1 Å². The zero-order chi connectivity index (χ0) is 27.4. The summed E-state index contributed by atoms with van der Waals surface area (Å²) >= 11 is 0. The van der Waals surface area contributed by atoms with Crippen LogP contribution in [0.5, 0.6) is 5.75 Å². The molecule has 0 spiro atoms. The molecule has 1 atom stereocenters. The topological polar surface area (TPSA) is 94.9 Å². The highest BCUT2D eigenvalue weighted by Crippen LogP contribution is 2.40. The first-order valence-corrected chi connectivity index (χ1v) is 12.3. The third kappa shape index (κ3) is 5.83. The van der Waals surface area contributed by atoms with Crippen LogP contribution in [0.3, 0.4) is 0 Å². The highest BCUT2D eigenvalue weighted by molar-refractivity contribution is 5.84. The molecule has 0 bridgehead atoms. The summed E-state index contributed by atoms with van der Waals surface area (Å²) in [5.74, 6) is -4.52. The number of anilines is 1. The smallest absolute Gasteiger partial charge is 0.309 e. The van der Waals surface area contributed by atoms with Gasteiger partial charge in [-0.15, -0.1) is 0 Å². The molecule has 7 nitrogen and oxygen atoms in total. The van der Waals surface area contributed by atoms with Gasteiger partial charge in [0.15, 0.2) is 11.6 Å². The van der Waals surface area contributed by atoms with Crippen LogP contribution in [-0.2, 0) is 4.79 Å². The highest BCUT2D eigenvalue weighted by Gasteiger charge is 2.41. The number of piperidine rings is 1. The van der Waals surface area contributed by atoms with Gasteiger partial charge < -0.3 is 25.2 Å². The molecule has 1 unspecified atom stereocenters. The first kappa shape index (κ1) is 27.6. The number of aliphatic hydroxyl groups is 1. The van der Waals surface area contributed by atoms with Gasteiger partial charge in [0.05, 0.1) is 36.0 Å². The number of methoxy groups -OCH3 is 1. The average molecular weight is 536 g/mol. The van der Waals surface area contributed by atoms with Crippen molar-refractivity contribution in [2.45, 2.75) is 31.8 Å². The molecule has 38 heavy (non-hydrogen) atoms. The Morgan fingerprint density at radius 3 is 2.58 bits per heavy atom. The Balaban J connectivity index is 1.37. The molecule has 11 heteroatoms. The number of likely N-dealkylation sites (tertiary alicyclic amines) is 1. The molecule has 0 amide bonds. The molecule has 0 aliphatic carbocycles. The minimum Gasteiger partial charge on any atom is -0.497 e. The fourth-order valence-corrected chi connectivity index (χ4v) is 5.00. The SMILES string of the molecule is COc1ccc2ncc(F)c(C(O)CCC3(C(=O)O)CCN(CCNc4cc(F)cc(F)c4F)CC3)c2c1. The van der Waals surface area contributed by atoms with Gasteiger partial charge in [0.1, 0.15) is 17.4 Å². The van der Waals surface area contributed by atoms with Crippen molar-refractivity contribution in [1.82, 2.24) is 9.88 Å². The van der Waals surface area contributed by atoms with Gasteiger partial charge in [-0.3, -0.25) is 9.78 Å². The quantitative estimate of drug-likeness (QED) is 0.251. The van der Waals surface area contributed by atoms with E-state index < -0.39 is 40.8 Å². The first-order valence-electron chi connectivity index (χ1n) is 12.3. The number of aromatic nitrogens is 1. The van der Waals surface area contributed by atoms with Gasteiger partial charge in [-0.2, -0.15) is 0 Å². The molecule has 2 aromatic carbocycles. The van der Waals surface area contributed by atoms with Crippen molar-refractivity contribution in [3.05, 3.63) is 65.4 Å². The Hall–Kier alpha value is -3.44. The van der Waals surface area contributed by atoms with Crippen molar-refractivity contribution in [2.24, 2.45) is 5.41 Å². The van der Waals surface area contributed by atoms with E-state index in [1.54, 1.807) is 18.2 Å². The summed E-state index contributed by atoms with van der Waals surface area (Å²) in [5, 5.41) is 24.0. The monoisotopic (exact) mass is 535 g/mol. The summed E-state index contributed by atoms with van der Waals surface area (Å²) < 4.78 is 60.5. The van der Waals surface area contributed by atoms with E-state index in [4.69, 9.17) is 4.74 Å². The number of fused-ring (bicyclic) bond motifs is 1. The number of nitrogens with zero attached hydrogens (tertiary/aromatic N) is 2. The number of hydrogen-bond donors (Lipinski definition) is 3. The Labute approximate surface area is 217 Å². The van der Waals surface area contributed by atoms with Gasteiger partial charge in [0.25, 0.3) is 0 Å². The Morgan fingerprint density at radius 2 is 1.89 bits per heavy atom. The third-order valence-electron chi connectivity index (χ3n) is 7.30. The Kier molecular flexibility index (Phi) is 8.37. The molecular formula is C27H29F4N3O4. The maximum Gasteiger partial charge on any atom is 0.309 e. The van der Waals surface area contributed by atoms with E-state index in [1.807, 2.05) is 4.90 Å². The molecule has 1 saturated heterocycles. The summed E-state index contributed by atoms with van der Waals surface area (Å²) in [7, 11) is 1.47. The molecule has 2 heterocycles. The van der Waals surface area contributed by atoms with Crippen molar-refractivity contribution < 1.29 is 37.3 Å². The molecule has 204 valence electrons. The lowest BCUT2D eigenvalue weighted by atomic mass is 9.74. The summed E-state index contributed by atoms with van der Waals surface area (Å²) in [4.78, 5) is 18.3. The predicted molar refractivity (Wildman–Crippen MR) is 133 cm³/mol. The number of rotatable bonds is 10. The Bertz CT molecular complexity index is 1320. The number of ether oxygens (including phenoxy) is 1. The van der Waals surface area contributed by atoms with Crippen molar-refractivity contribution in [3.8, 4) is 5.75 Å². The van der Waals surface area contributed by atoms with Crippen molar-refractivity contribution in [2.75, 3.05) is 38.6 Å². The fraction of sp³-hybridized carbons (Fsp3) is 0.407. The molecule has 4 rings (SSSR count). The van der Waals surface area contributed by atoms with E-state index in [0.717, 1.165) is 12.3 Å². The van der Waals surface area contributed by atoms with E-state index in [2.05, 4.69) is 10.3 Å². The summed E-state index contributed by atoms with van der Waals surface area (Å²) in [5.41, 5.74) is -0.836. The van der Waals surface area contributed by atoms with E-state index in [1.165, 1.54) is 7.11 Å². The molecule has 1 aliphatic rings. The number of pyridine rings is 1. The maximum absolute atomic E-state index is 14.7. The number of carbonyl (C=O) groups is 1. The molecule has 1 aliphatic heterocycles. The van der Waals surface area contributed by atoms with Gasteiger partial charge in [-0.1, -0.05) is 0 Å². The van der Waals surface area contributed by atoms with E-state index in [-0.39, 0.29) is 30.6 Å². The lowest BCUT2D eigenvalue weighted by molar-refractivity contribution is -0.153. The number of carboxylic acid groups (broad SMARTS) is 1. The normalized spacial score (nSPS) is 16.4. The number of nitrogens with one attached hydrogen (secondary N) is 1. The zero-order valence-electron chi connectivity index (χ0n) is 20.8. The van der Waals surface area contributed by atoms with Crippen LogP contribution >= 0.6 is 0 Å². The summed E-state index contributed by atoms with van der Waals surface area (Å²) in [6.45, 7) is 1.46. The number of hydrogen-bond acceptors (Lipinski definition) is 6. The fourth-order valence-electron chi connectivity index (χ4n) is 5.00. The van der Waals surface area contributed by atoms with Crippen LogP contribution in [-0.4, -0.2) is 59.4 Å². The lowest BCUT2D eigenvalue weighted by Gasteiger charge is -2.39. The average Bonchev–Trinajstić information content (AvgIpc) is 2.90. The van der Waals surface area contributed by atoms with E-state index in [0.29, 0.717) is 55.2 Å². The molecule has 3 N–H and O–H groups in total. The predicted octanol–water partition coefficient (Wildman–Crippen LogP) is 4.89. The second-order valence-corrected chi connectivity index (χ2v) is 9.56. The van der Waals surface area contributed by atoms with Crippen LogP contribution in [0.1, 0.15) is 37.4 Å². The number of halogens is 4. The van der Waals surface area contributed by atoms with Gasteiger partial charge in [0, 0.05) is 36.2 Å². The van der Waals surface area contributed by atoms with Gasteiger partial charge >= 0.3 is 5.97 Å². The molecule has 3 aromatic rings. The van der Waals surface area contributed by atoms with Gasteiger partial charge in [-0.25, -0.2) is 17.6 Å². The number of aliphatic carboxylic acids is 1. The summed E-state index contributed by atoms with van der Waals surface area (Å²) in [6, 6.07) is 6.27. The third-order valence-corrected chi connectivity index (χ3v) is 7.30. The van der Waals surface area contributed by atoms with Gasteiger partial charge in [0.2, 0.25) is 0 Å². The number of carboxylic acids is 1. The van der Waals surface area contributed by atoms with Gasteiger partial charge in [-0.05, 0) is 57.0 Å². The lowest BCUT2D eigenvalue weighted by Crippen LogP contribution is -2.45. The minimum absolute atomic E-state index is 0.0332. The largest absolute Gasteiger partial charge is 0.497 e. The van der Waals surface area contributed by atoms with Crippen LogP contribution in [0.25, 0.3) is 10.9 Å². The van der Waals surface area contributed by atoms with E-state index >= 15 is 0 Å². The van der Waals surface area contributed by atoms with Crippen molar-refractivity contribution in [3.63, 3.8) is 0 Å². The van der Waals surface area contributed by atoms with Crippen LogP contribution in [0.4, 0.5) is 23.2 Å². The zero-order valence-corrected chi connectivity index (χ0v) is 20.8. The minimum atomic E-state index is -1.28. The van der Waals surface area contributed by atoms with Crippen LogP contribution in [0, 0.1) is 28.7 Å². The van der Waals surface area contributed by atoms with Crippen LogP contribution in [0.2, 0.25) is 0 Å². The Morgan fingerprint density at radius 1 is 1.16 bits per heavy atom. The van der Waals surface area contributed by atoms with Crippen molar-refractivity contribution in [1.29, 1.82) is 0 Å². The molecular weight excluding hydrogens is 506 g/mol. The molecule has 1 fully saturated rings. The highest BCUT2D eigenvalue weighted by atomic mass is 19.2. The molecule has 0 saturated carbocycles. The second kappa shape index (κ2) is 11.5. The molecule has 1 aromatic heterocycles. The second-order valence-electron chi connectivity index (χ2n) is 9.56. The van der Waals surface area contributed by atoms with Crippen molar-refractivity contribution >= 4 is 22.6 Å². The number of aliphatic hydroxyl groups excluding tert-OH is 1. The molecule has 0 radical (unpaired) electrons. The van der Waals surface area contributed by atoms with E-state index in [9.17, 15) is 32.6 Å². The maximum atomic E-state index is 14.7. The summed E-state index contributed by atoms with van der Waals surface area (Å²) in [6.07, 6.45) is 0.558. The number of benzene rings is 2. The van der Waals surface area contributed by atoms with Crippen LogP contribution in [0.15, 0.2) is 36.5 Å². The first-order chi connectivity index (χ1) is 18.1. The standard InChI is InChI=1S/C27H29F4N3O4/c1-38-17-2-3-21-18(14-17)24(20(30)15-33-21)23(35)4-5-27(26(36)37)6-9-34(10-7-27)11-8-32-22-13-16(28)12-19(29)25(22)31/h2-3,12-15,23,32,35H,4-11H2,1H3,(H,36,37).